The highest BCUT2D eigenvalue weighted by Gasteiger charge is 2.28. The van der Waals surface area contributed by atoms with Crippen LogP contribution < -0.4 is 9.64 Å². The van der Waals surface area contributed by atoms with Gasteiger partial charge in [0.1, 0.15) is 11.3 Å². The Kier molecular flexibility index (Phi) is 5.03. The summed E-state index contributed by atoms with van der Waals surface area (Å²) >= 11 is 1.71. The third kappa shape index (κ3) is 3.38. The van der Waals surface area contributed by atoms with Crippen LogP contribution in [-0.4, -0.2) is 68.2 Å². The van der Waals surface area contributed by atoms with E-state index < -0.39 is 0 Å². The van der Waals surface area contributed by atoms with E-state index in [0.29, 0.717) is 0 Å². The standard InChI is InChI=1S/C18H26N4O2S/c1-12-8-9-14(24-5)15-16(12)25-17(19-15)22-10-6-7-13(11-22)21(4)18(23)20(2)3/h8-9,13H,6-7,10-11H2,1-5H3. The van der Waals surface area contributed by atoms with Gasteiger partial charge in [-0.15, -0.1) is 0 Å². The molecular weight excluding hydrogens is 336 g/mol. The number of hydrogen-bond acceptors (Lipinski definition) is 5. The molecule has 1 aliphatic heterocycles. The molecule has 0 saturated carbocycles. The molecule has 1 aliphatic rings. The molecule has 3 rings (SSSR count). The molecule has 1 unspecified atom stereocenters. The maximum Gasteiger partial charge on any atom is 0.319 e. The van der Waals surface area contributed by atoms with E-state index in [4.69, 9.17) is 9.72 Å². The molecule has 1 saturated heterocycles. The van der Waals surface area contributed by atoms with Gasteiger partial charge in [-0.25, -0.2) is 9.78 Å². The van der Waals surface area contributed by atoms with Crippen LogP contribution in [0.5, 0.6) is 5.75 Å². The van der Waals surface area contributed by atoms with Crippen LogP contribution >= 0.6 is 11.3 Å². The van der Waals surface area contributed by atoms with Crippen molar-refractivity contribution in [3.63, 3.8) is 0 Å². The summed E-state index contributed by atoms with van der Waals surface area (Å²) in [5, 5.41) is 1.01. The Labute approximate surface area is 153 Å². The molecule has 1 atom stereocenters. The number of benzene rings is 1. The van der Waals surface area contributed by atoms with Gasteiger partial charge in [0.05, 0.1) is 17.9 Å². The molecule has 2 heterocycles. The van der Waals surface area contributed by atoms with Gasteiger partial charge in [0, 0.05) is 34.2 Å². The van der Waals surface area contributed by atoms with Crippen molar-refractivity contribution < 1.29 is 9.53 Å². The van der Waals surface area contributed by atoms with Crippen LogP contribution in [0.2, 0.25) is 0 Å². The molecule has 0 bridgehead atoms. The Bertz CT molecular complexity index is 774. The molecule has 1 aromatic heterocycles. The second-order valence-electron chi connectivity index (χ2n) is 6.79. The number of carbonyl (C=O) groups is 1. The SMILES string of the molecule is COc1ccc(C)c2sc(N3CCCC(N(C)C(=O)N(C)C)C3)nc12. The Morgan fingerprint density at radius 1 is 1.36 bits per heavy atom. The average molecular weight is 362 g/mol. The van der Waals surface area contributed by atoms with Gasteiger partial charge in [0.15, 0.2) is 5.13 Å². The first-order valence-electron chi connectivity index (χ1n) is 8.55. The number of thiazole rings is 1. The van der Waals surface area contributed by atoms with E-state index in [1.165, 1.54) is 10.3 Å². The molecule has 0 N–H and O–H groups in total. The van der Waals surface area contributed by atoms with Gasteiger partial charge < -0.3 is 19.4 Å². The fraction of sp³-hybridized carbons (Fsp3) is 0.556. The van der Waals surface area contributed by atoms with Crippen LogP contribution in [0, 0.1) is 6.92 Å². The van der Waals surface area contributed by atoms with Crippen molar-refractivity contribution in [1.82, 2.24) is 14.8 Å². The molecule has 6 nitrogen and oxygen atoms in total. The van der Waals surface area contributed by atoms with Crippen molar-refractivity contribution in [2.24, 2.45) is 0 Å². The van der Waals surface area contributed by atoms with E-state index in [2.05, 4.69) is 17.9 Å². The lowest BCUT2D eigenvalue weighted by atomic mass is 10.1. The van der Waals surface area contributed by atoms with E-state index in [0.717, 1.165) is 42.3 Å². The summed E-state index contributed by atoms with van der Waals surface area (Å²) in [6.45, 7) is 3.89. The number of hydrogen-bond donors (Lipinski definition) is 0. The van der Waals surface area contributed by atoms with Gasteiger partial charge in [0.2, 0.25) is 0 Å². The summed E-state index contributed by atoms with van der Waals surface area (Å²) in [7, 11) is 7.16. The number of carbonyl (C=O) groups excluding carboxylic acids is 1. The second-order valence-corrected chi connectivity index (χ2v) is 7.77. The normalized spacial score (nSPS) is 17.6. The van der Waals surface area contributed by atoms with Gasteiger partial charge in [0.25, 0.3) is 0 Å². The van der Waals surface area contributed by atoms with Gasteiger partial charge in [-0.1, -0.05) is 17.4 Å². The number of rotatable bonds is 3. The van der Waals surface area contributed by atoms with Gasteiger partial charge in [-0.05, 0) is 31.4 Å². The van der Waals surface area contributed by atoms with Crippen molar-refractivity contribution in [3.05, 3.63) is 17.7 Å². The van der Waals surface area contributed by atoms with Gasteiger partial charge >= 0.3 is 6.03 Å². The lowest BCUT2D eigenvalue weighted by Gasteiger charge is -2.38. The number of aryl methyl sites for hydroxylation is 1. The summed E-state index contributed by atoms with van der Waals surface area (Å²) in [5.74, 6) is 0.816. The van der Waals surface area contributed by atoms with Gasteiger partial charge in [-0.2, -0.15) is 0 Å². The zero-order valence-electron chi connectivity index (χ0n) is 15.6. The first-order valence-corrected chi connectivity index (χ1v) is 9.37. The predicted octanol–water partition coefficient (Wildman–Crippen LogP) is 3.20. The van der Waals surface area contributed by atoms with Crippen molar-refractivity contribution in [2.75, 3.05) is 46.2 Å². The summed E-state index contributed by atoms with van der Waals surface area (Å²) in [6, 6.07) is 4.31. The monoisotopic (exact) mass is 362 g/mol. The Balaban J connectivity index is 1.85. The number of fused-ring (bicyclic) bond motifs is 1. The van der Waals surface area contributed by atoms with Crippen molar-refractivity contribution in [1.29, 1.82) is 0 Å². The predicted molar refractivity (Wildman–Crippen MR) is 103 cm³/mol. The van der Waals surface area contributed by atoms with E-state index in [-0.39, 0.29) is 12.1 Å². The van der Waals surface area contributed by atoms with E-state index in [1.807, 2.05) is 18.0 Å². The first-order chi connectivity index (χ1) is 11.9. The zero-order valence-corrected chi connectivity index (χ0v) is 16.4. The highest BCUT2D eigenvalue weighted by Crippen LogP contribution is 2.37. The number of likely N-dealkylation sites (N-methyl/N-ethyl adjacent to an activating group) is 1. The molecule has 0 aliphatic carbocycles. The van der Waals surface area contributed by atoms with Crippen LogP contribution in [0.4, 0.5) is 9.93 Å². The van der Waals surface area contributed by atoms with Crippen molar-refractivity contribution >= 4 is 32.7 Å². The second kappa shape index (κ2) is 7.07. The molecule has 1 aromatic carbocycles. The zero-order chi connectivity index (χ0) is 18.1. The van der Waals surface area contributed by atoms with E-state index in [1.54, 1.807) is 37.4 Å². The highest BCUT2D eigenvalue weighted by atomic mass is 32.1. The molecule has 7 heteroatoms. The van der Waals surface area contributed by atoms with Crippen LogP contribution in [0.1, 0.15) is 18.4 Å². The third-order valence-electron chi connectivity index (χ3n) is 4.81. The summed E-state index contributed by atoms with van der Waals surface area (Å²) in [6.07, 6.45) is 2.08. The number of nitrogens with zero attached hydrogens (tertiary/aromatic N) is 4. The smallest absolute Gasteiger partial charge is 0.319 e. The van der Waals surface area contributed by atoms with Crippen molar-refractivity contribution in [3.8, 4) is 5.75 Å². The van der Waals surface area contributed by atoms with Crippen LogP contribution in [-0.2, 0) is 0 Å². The molecule has 0 radical (unpaired) electrons. The fourth-order valence-corrected chi connectivity index (χ4v) is 4.40. The molecule has 1 fully saturated rings. The van der Waals surface area contributed by atoms with E-state index in [9.17, 15) is 4.79 Å². The molecule has 2 aromatic rings. The van der Waals surface area contributed by atoms with E-state index >= 15 is 0 Å². The molecule has 136 valence electrons. The Morgan fingerprint density at radius 2 is 2.12 bits per heavy atom. The maximum atomic E-state index is 12.3. The molecule has 2 amide bonds. The summed E-state index contributed by atoms with van der Waals surface area (Å²) < 4.78 is 6.64. The Morgan fingerprint density at radius 3 is 2.80 bits per heavy atom. The quantitative estimate of drug-likeness (QED) is 0.841. The van der Waals surface area contributed by atoms with Crippen molar-refractivity contribution in [2.45, 2.75) is 25.8 Å². The topological polar surface area (TPSA) is 48.9 Å². The molecule has 0 spiro atoms. The Hall–Kier alpha value is -2.02. The van der Waals surface area contributed by atoms with Crippen LogP contribution in [0.3, 0.4) is 0 Å². The third-order valence-corrected chi connectivity index (χ3v) is 6.06. The number of amides is 2. The minimum atomic E-state index is 0.0497. The minimum Gasteiger partial charge on any atom is -0.494 e. The largest absolute Gasteiger partial charge is 0.494 e. The number of methoxy groups -OCH3 is 1. The molecular formula is C18H26N4O2S. The number of anilines is 1. The maximum absolute atomic E-state index is 12.3. The number of ether oxygens (including phenoxy) is 1. The lowest BCUT2D eigenvalue weighted by molar-refractivity contribution is 0.157. The van der Waals surface area contributed by atoms with Gasteiger partial charge in [-0.3, -0.25) is 0 Å². The summed E-state index contributed by atoms with van der Waals surface area (Å²) in [4.78, 5) is 22.9. The number of urea groups is 1. The van der Waals surface area contributed by atoms with Crippen LogP contribution in [0.25, 0.3) is 10.2 Å². The number of piperidine rings is 1. The number of aromatic nitrogens is 1. The van der Waals surface area contributed by atoms with Crippen LogP contribution in [0.15, 0.2) is 12.1 Å². The molecule has 25 heavy (non-hydrogen) atoms. The first kappa shape index (κ1) is 17.8. The fourth-order valence-electron chi connectivity index (χ4n) is 3.31. The summed E-state index contributed by atoms with van der Waals surface area (Å²) in [5.41, 5.74) is 2.15. The average Bonchev–Trinajstić information content (AvgIpc) is 3.07. The lowest BCUT2D eigenvalue weighted by Crippen LogP contribution is -2.51. The highest BCUT2D eigenvalue weighted by molar-refractivity contribution is 7.22. The minimum absolute atomic E-state index is 0.0497.